The summed E-state index contributed by atoms with van der Waals surface area (Å²) in [6, 6.07) is 7.56. The number of benzene rings is 2. The van der Waals surface area contributed by atoms with E-state index in [0.717, 1.165) is 24.5 Å². The first kappa shape index (κ1) is 13.0. The Morgan fingerprint density at radius 2 is 1.60 bits per heavy atom. The molecule has 0 saturated heterocycles. The molecule has 0 radical (unpaired) electrons. The first-order valence-electron chi connectivity index (χ1n) is 6.62. The molecule has 0 saturated carbocycles. The van der Waals surface area contributed by atoms with E-state index in [-0.39, 0.29) is 5.69 Å². The Morgan fingerprint density at radius 1 is 0.850 bits per heavy atom. The van der Waals surface area contributed by atoms with Crippen LogP contribution in [0.2, 0.25) is 0 Å². The summed E-state index contributed by atoms with van der Waals surface area (Å²) in [5.41, 5.74) is 3.68. The second kappa shape index (κ2) is 5.19. The molecule has 0 fully saturated rings. The molecular formula is C16H14F3N. The number of nitrogens with one attached hydrogen (secondary N) is 1. The van der Waals surface area contributed by atoms with Crippen LogP contribution in [0.3, 0.4) is 0 Å². The third kappa shape index (κ3) is 2.50. The van der Waals surface area contributed by atoms with E-state index in [9.17, 15) is 13.2 Å². The Bertz CT molecular complexity index is 652. The Balaban J connectivity index is 1.75. The van der Waals surface area contributed by atoms with Gasteiger partial charge in [-0.2, -0.15) is 0 Å². The van der Waals surface area contributed by atoms with Crippen LogP contribution in [0.25, 0.3) is 0 Å². The van der Waals surface area contributed by atoms with Gasteiger partial charge >= 0.3 is 0 Å². The number of rotatable bonds is 3. The lowest BCUT2D eigenvalue weighted by molar-refractivity contribution is 0.496. The minimum Gasteiger partial charge on any atom is -0.379 e. The van der Waals surface area contributed by atoms with Gasteiger partial charge in [0.1, 0.15) is 5.82 Å². The zero-order valence-corrected chi connectivity index (χ0v) is 10.8. The predicted molar refractivity (Wildman–Crippen MR) is 72.1 cm³/mol. The van der Waals surface area contributed by atoms with Crippen LogP contribution in [-0.2, 0) is 19.4 Å². The van der Waals surface area contributed by atoms with Gasteiger partial charge in [0.2, 0.25) is 0 Å². The summed E-state index contributed by atoms with van der Waals surface area (Å²) in [5, 5.41) is 2.81. The molecule has 1 nitrogen and oxygen atoms in total. The summed E-state index contributed by atoms with van der Waals surface area (Å²) < 4.78 is 39.4. The third-order valence-corrected chi connectivity index (χ3v) is 3.66. The topological polar surface area (TPSA) is 12.0 Å². The monoisotopic (exact) mass is 277 g/mol. The fourth-order valence-corrected chi connectivity index (χ4v) is 2.59. The largest absolute Gasteiger partial charge is 0.379 e. The van der Waals surface area contributed by atoms with Gasteiger partial charge in [0.15, 0.2) is 11.6 Å². The summed E-state index contributed by atoms with van der Waals surface area (Å²) >= 11 is 0. The van der Waals surface area contributed by atoms with Crippen LogP contribution in [-0.4, -0.2) is 0 Å². The average Bonchev–Trinajstić information content (AvgIpc) is 2.89. The van der Waals surface area contributed by atoms with Crippen LogP contribution in [0.4, 0.5) is 18.9 Å². The van der Waals surface area contributed by atoms with Crippen LogP contribution in [0.15, 0.2) is 30.3 Å². The molecule has 104 valence electrons. The van der Waals surface area contributed by atoms with Crippen molar-refractivity contribution in [1.29, 1.82) is 0 Å². The fraction of sp³-hybridized carbons (Fsp3) is 0.250. The quantitative estimate of drug-likeness (QED) is 0.829. The van der Waals surface area contributed by atoms with Gasteiger partial charge in [0.05, 0.1) is 5.69 Å². The molecule has 2 aromatic carbocycles. The highest BCUT2D eigenvalue weighted by Gasteiger charge is 2.12. The molecule has 1 N–H and O–H groups in total. The van der Waals surface area contributed by atoms with Gasteiger partial charge in [0.25, 0.3) is 0 Å². The summed E-state index contributed by atoms with van der Waals surface area (Å²) in [6.07, 6.45) is 3.35. The molecule has 0 aromatic heterocycles. The van der Waals surface area contributed by atoms with Crippen molar-refractivity contribution in [3.8, 4) is 0 Å². The third-order valence-electron chi connectivity index (χ3n) is 3.66. The number of halogens is 3. The van der Waals surface area contributed by atoms with Gasteiger partial charge in [0, 0.05) is 18.7 Å². The molecule has 0 spiro atoms. The van der Waals surface area contributed by atoms with Crippen molar-refractivity contribution < 1.29 is 13.2 Å². The maximum absolute atomic E-state index is 13.5. The Hall–Kier alpha value is -1.97. The van der Waals surface area contributed by atoms with Gasteiger partial charge in [-0.15, -0.1) is 0 Å². The molecule has 0 aliphatic heterocycles. The molecule has 2 aromatic rings. The maximum atomic E-state index is 13.5. The molecule has 0 bridgehead atoms. The van der Waals surface area contributed by atoms with Crippen LogP contribution in [0.5, 0.6) is 0 Å². The molecule has 0 atom stereocenters. The molecule has 1 aliphatic rings. The van der Waals surface area contributed by atoms with Crippen molar-refractivity contribution in [2.75, 3.05) is 5.32 Å². The number of aryl methyl sites for hydroxylation is 2. The highest BCUT2D eigenvalue weighted by Crippen LogP contribution is 2.24. The van der Waals surface area contributed by atoms with E-state index in [1.54, 1.807) is 0 Å². The second-order valence-electron chi connectivity index (χ2n) is 5.06. The normalized spacial score (nSPS) is 13.3. The van der Waals surface area contributed by atoms with Gasteiger partial charge in [-0.25, -0.2) is 13.2 Å². The summed E-state index contributed by atoms with van der Waals surface area (Å²) in [5.74, 6) is -3.02. The van der Waals surface area contributed by atoms with Crippen LogP contribution >= 0.6 is 0 Å². The zero-order valence-electron chi connectivity index (χ0n) is 10.8. The molecule has 0 unspecified atom stereocenters. The zero-order chi connectivity index (χ0) is 14.1. The first-order chi connectivity index (χ1) is 9.63. The van der Waals surface area contributed by atoms with Crippen molar-refractivity contribution in [2.45, 2.75) is 25.8 Å². The van der Waals surface area contributed by atoms with E-state index in [1.165, 1.54) is 17.5 Å². The summed E-state index contributed by atoms with van der Waals surface area (Å²) in [7, 11) is 0. The van der Waals surface area contributed by atoms with Gasteiger partial charge < -0.3 is 5.32 Å². The minimum absolute atomic E-state index is 0.0237. The lowest BCUT2D eigenvalue weighted by Gasteiger charge is -2.09. The van der Waals surface area contributed by atoms with Crippen LogP contribution in [0.1, 0.15) is 23.1 Å². The smallest absolute Gasteiger partial charge is 0.161 e. The van der Waals surface area contributed by atoms with Crippen LogP contribution < -0.4 is 5.32 Å². The van der Waals surface area contributed by atoms with Crippen molar-refractivity contribution in [1.82, 2.24) is 0 Å². The molecule has 0 amide bonds. The van der Waals surface area contributed by atoms with E-state index < -0.39 is 17.5 Å². The first-order valence-corrected chi connectivity index (χ1v) is 6.62. The molecular weight excluding hydrogens is 263 g/mol. The lowest BCUT2D eigenvalue weighted by Crippen LogP contribution is -2.03. The Labute approximate surface area is 115 Å². The summed E-state index contributed by atoms with van der Waals surface area (Å²) in [4.78, 5) is 0. The van der Waals surface area contributed by atoms with E-state index in [1.807, 2.05) is 6.07 Å². The predicted octanol–water partition coefficient (Wildman–Crippen LogP) is 4.20. The SMILES string of the molecule is Fc1cc(F)c(NCc2ccc3c(c2)CCC3)cc1F. The number of hydrogen-bond donors (Lipinski definition) is 1. The van der Waals surface area contributed by atoms with Gasteiger partial charge in [-0.3, -0.25) is 0 Å². The lowest BCUT2D eigenvalue weighted by atomic mass is 10.1. The van der Waals surface area contributed by atoms with E-state index in [4.69, 9.17) is 0 Å². The molecule has 20 heavy (non-hydrogen) atoms. The van der Waals surface area contributed by atoms with Crippen molar-refractivity contribution in [3.63, 3.8) is 0 Å². The molecule has 4 heteroatoms. The summed E-state index contributed by atoms with van der Waals surface area (Å²) in [6.45, 7) is 0.384. The number of hydrogen-bond acceptors (Lipinski definition) is 1. The highest BCUT2D eigenvalue weighted by molar-refractivity contribution is 5.46. The number of fused-ring (bicyclic) bond motifs is 1. The van der Waals surface area contributed by atoms with Gasteiger partial charge in [-0.05, 0) is 36.0 Å². The maximum Gasteiger partial charge on any atom is 0.161 e. The fourth-order valence-electron chi connectivity index (χ4n) is 2.59. The molecule has 3 rings (SSSR count). The van der Waals surface area contributed by atoms with E-state index in [2.05, 4.69) is 17.4 Å². The standard InChI is InChI=1S/C16H14F3N/c17-13-7-15(19)16(8-14(13)18)20-9-10-4-5-11-2-1-3-12(11)6-10/h4-8,20H,1-3,9H2. The second-order valence-corrected chi connectivity index (χ2v) is 5.06. The van der Waals surface area contributed by atoms with E-state index >= 15 is 0 Å². The van der Waals surface area contributed by atoms with Crippen molar-refractivity contribution in [2.24, 2.45) is 0 Å². The van der Waals surface area contributed by atoms with E-state index in [0.29, 0.717) is 12.6 Å². The van der Waals surface area contributed by atoms with Crippen molar-refractivity contribution in [3.05, 3.63) is 64.5 Å². The van der Waals surface area contributed by atoms with Gasteiger partial charge in [-0.1, -0.05) is 18.2 Å². The Morgan fingerprint density at radius 3 is 2.45 bits per heavy atom. The Kier molecular flexibility index (Phi) is 3.38. The highest BCUT2D eigenvalue weighted by atomic mass is 19.2. The molecule has 1 aliphatic carbocycles. The molecule has 0 heterocycles. The average molecular weight is 277 g/mol. The minimum atomic E-state index is -1.18. The van der Waals surface area contributed by atoms with Crippen molar-refractivity contribution >= 4 is 5.69 Å². The van der Waals surface area contributed by atoms with Crippen LogP contribution in [0, 0.1) is 17.5 Å². The number of anilines is 1.